The number of methoxy groups -OCH3 is 1. The van der Waals surface area contributed by atoms with Crippen molar-refractivity contribution >= 4 is 27.9 Å². The number of halogens is 1. The largest absolute Gasteiger partial charge is 0.496 e. The molecule has 2 fully saturated rings. The predicted molar refractivity (Wildman–Crippen MR) is 103 cm³/mol. The average molecular weight is 424 g/mol. The van der Waals surface area contributed by atoms with E-state index < -0.39 is 5.54 Å². The molecule has 3 rings (SSSR count). The number of amides is 3. The van der Waals surface area contributed by atoms with Crippen LogP contribution in [0.5, 0.6) is 5.75 Å². The Bertz CT molecular complexity index is 711. The maximum atomic E-state index is 13.1. The second-order valence-electron chi connectivity index (χ2n) is 7.39. The molecule has 1 aliphatic carbocycles. The summed E-state index contributed by atoms with van der Waals surface area (Å²) < 4.78 is 6.37. The number of benzene rings is 1. The van der Waals surface area contributed by atoms with Crippen LogP contribution in [0.25, 0.3) is 0 Å². The molecule has 1 spiro atoms. The zero-order chi connectivity index (χ0) is 18.9. The molecule has 3 amide bonds. The Hall–Kier alpha value is -1.60. The van der Waals surface area contributed by atoms with Crippen molar-refractivity contribution in [2.75, 3.05) is 20.8 Å². The summed E-state index contributed by atoms with van der Waals surface area (Å²) >= 11 is 3.47. The van der Waals surface area contributed by atoms with Gasteiger partial charge in [-0.05, 0) is 44.0 Å². The van der Waals surface area contributed by atoms with E-state index in [1.807, 2.05) is 30.1 Å². The molecule has 1 aromatic carbocycles. The lowest BCUT2D eigenvalue weighted by Crippen LogP contribution is -2.54. The van der Waals surface area contributed by atoms with Gasteiger partial charge < -0.3 is 10.1 Å². The van der Waals surface area contributed by atoms with Crippen LogP contribution in [0.2, 0.25) is 0 Å². The number of carbonyl (C=O) groups excluding carboxylic acids is 2. The molecule has 1 saturated heterocycles. The Kier molecular flexibility index (Phi) is 5.58. The second kappa shape index (κ2) is 7.56. The standard InChI is InChI=1S/C19H26BrN3O3/c1-13-6-4-5-9-19(13)17(24)23(18(25)21-19)12-22(2)11-14-10-15(20)7-8-16(14)26-3/h7-8,10,13H,4-6,9,11-12H2,1-3H3,(H,21,25)/t13-,19+/m1/s1. The first-order valence-corrected chi connectivity index (χ1v) is 9.82. The van der Waals surface area contributed by atoms with Crippen molar-refractivity contribution in [2.24, 2.45) is 5.92 Å². The lowest BCUT2D eigenvalue weighted by atomic mass is 9.73. The smallest absolute Gasteiger partial charge is 0.326 e. The van der Waals surface area contributed by atoms with Crippen LogP contribution in [0.3, 0.4) is 0 Å². The molecule has 1 aromatic rings. The monoisotopic (exact) mass is 423 g/mol. The van der Waals surface area contributed by atoms with E-state index >= 15 is 0 Å². The van der Waals surface area contributed by atoms with E-state index in [4.69, 9.17) is 4.74 Å². The number of carbonyl (C=O) groups is 2. The second-order valence-corrected chi connectivity index (χ2v) is 8.31. The SMILES string of the molecule is COc1ccc(Br)cc1CN(C)CN1C(=O)N[C@]2(CCCC[C@H]2C)C1=O. The molecule has 1 saturated carbocycles. The molecule has 2 atom stereocenters. The van der Waals surface area contributed by atoms with E-state index in [1.165, 1.54) is 4.90 Å². The summed E-state index contributed by atoms with van der Waals surface area (Å²) in [6, 6.07) is 5.54. The van der Waals surface area contributed by atoms with E-state index in [9.17, 15) is 9.59 Å². The van der Waals surface area contributed by atoms with Gasteiger partial charge in [-0.2, -0.15) is 0 Å². The molecule has 0 radical (unpaired) electrons. The first kappa shape index (κ1) is 19.2. The lowest BCUT2D eigenvalue weighted by molar-refractivity contribution is -0.135. The Labute approximate surface area is 163 Å². The molecule has 0 unspecified atom stereocenters. The van der Waals surface area contributed by atoms with E-state index in [0.29, 0.717) is 6.54 Å². The van der Waals surface area contributed by atoms with Crippen molar-refractivity contribution in [3.63, 3.8) is 0 Å². The van der Waals surface area contributed by atoms with Gasteiger partial charge in [0.05, 0.1) is 13.8 Å². The zero-order valence-electron chi connectivity index (χ0n) is 15.5. The Morgan fingerprint density at radius 2 is 2.15 bits per heavy atom. The van der Waals surface area contributed by atoms with Gasteiger partial charge in [0.25, 0.3) is 5.91 Å². The molecule has 142 valence electrons. The van der Waals surface area contributed by atoms with Crippen LogP contribution in [0.4, 0.5) is 4.79 Å². The van der Waals surface area contributed by atoms with E-state index in [0.717, 1.165) is 41.5 Å². The summed E-state index contributed by atoms with van der Waals surface area (Å²) in [5.41, 5.74) is 0.293. The highest BCUT2D eigenvalue weighted by molar-refractivity contribution is 9.10. The number of ether oxygens (including phenoxy) is 1. The third kappa shape index (κ3) is 3.47. The summed E-state index contributed by atoms with van der Waals surface area (Å²) in [5.74, 6) is 0.880. The molecule has 1 N–H and O–H groups in total. The van der Waals surface area contributed by atoms with Crippen LogP contribution in [-0.2, 0) is 11.3 Å². The number of hydrogen-bond acceptors (Lipinski definition) is 4. The van der Waals surface area contributed by atoms with Crippen molar-refractivity contribution in [3.05, 3.63) is 28.2 Å². The number of nitrogens with one attached hydrogen (secondary N) is 1. The number of imide groups is 1. The number of nitrogens with zero attached hydrogens (tertiary/aromatic N) is 2. The lowest BCUT2D eigenvalue weighted by Gasteiger charge is -2.37. The summed E-state index contributed by atoms with van der Waals surface area (Å²) in [7, 11) is 3.54. The molecule has 7 heteroatoms. The minimum Gasteiger partial charge on any atom is -0.496 e. The van der Waals surface area contributed by atoms with Gasteiger partial charge in [-0.25, -0.2) is 9.69 Å². The first-order chi connectivity index (χ1) is 12.4. The number of hydrogen-bond donors (Lipinski definition) is 1. The maximum absolute atomic E-state index is 13.1. The predicted octanol–water partition coefficient (Wildman–Crippen LogP) is 3.35. The molecule has 26 heavy (non-hydrogen) atoms. The summed E-state index contributed by atoms with van der Waals surface area (Å²) in [6.07, 6.45) is 3.81. The maximum Gasteiger partial charge on any atom is 0.326 e. The fourth-order valence-electron chi connectivity index (χ4n) is 4.08. The summed E-state index contributed by atoms with van der Waals surface area (Å²) in [5, 5.41) is 3.00. The van der Waals surface area contributed by atoms with Gasteiger partial charge in [-0.15, -0.1) is 0 Å². The number of urea groups is 1. The van der Waals surface area contributed by atoms with Gasteiger partial charge in [-0.1, -0.05) is 35.7 Å². The van der Waals surface area contributed by atoms with Crippen molar-refractivity contribution in [1.82, 2.24) is 15.1 Å². The van der Waals surface area contributed by atoms with Crippen molar-refractivity contribution < 1.29 is 14.3 Å². The van der Waals surface area contributed by atoms with Gasteiger partial charge in [0.2, 0.25) is 0 Å². The Morgan fingerprint density at radius 1 is 1.38 bits per heavy atom. The van der Waals surface area contributed by atoms with Gasteiger partial charge >= 0.3 is 6.03 Å². The van der Waals surface area contributed by atoms with Gasteiger partial charge in [0, 0.05) is 16.6 Å². The molecule has 6 nitrogen and oxygen atoms in total. The first-order valence-electron chi connectivity index (χ1n) is 9.02. The third-order valence-electron chi connectivity index (χ3n) is 5.57. The zero-order valence-corrected chi connectivity index (χ0v) is 17.1. The highest BCUT2D eigenvalue weighted by atomic mass is 79.9. The van der Waals surface area contributed by atoms with E-state index in [1.54, 1.807) is 7.11 Å². The van der Waals surface area contributed by atoms with Crippen molar-refractivity contribution in [3.8, 4) is 5.75 Å². The van der Waals surface area contributed by atoms with Crippen LogP contribution < -0.4 is 10.1 Å². The quantitative estimate of drug-likeness (QED) is 0.737. The van der Waals surface area contributed by atoms with Crippen LogP contribution in [-0.4, -0.2) is 48.1 Å². The normalized spacial score (nSPS) is 25.9. The topological polar surface area (TPSA) is 61.9 Å². The van der Waals surface area contributed by atoms with E-state index in [-0.39, 0.29) is 24.5 Å². The average Bonchev–Trinajstić information content (AvgIpc) is 2.83. The third-order valence-corrected chi connectivity index (χ3v) is 6.06. The minimum atomic E-state index is -0.705. The Balaban J connectivity index is 1.71. The summed E-state index contributed by atoms with van der Waals surface area (Å²) in [6.45, 7) is 2.90. The van der Waals surface area contributed by atoms with Crippen LogP contribution in [0, 0.1) is 5.92 Å². The number of rotatable bonds is 5. The van der Waals surface area contributed by atoms with E-state index in [2.05, 4.69) is 28.2 Å². The Morgan fingerprint density at radius 3 is 2.85 bits per heavy atom. The van der Waals surface area contributed by atoms with Crippen molar-refractivity contribution in [2.45, 2.75) is 44.7 Å². The minimum absolute atomic E-state index is 0.0808. The molecule has 0 aromatic heterocycles. The van der Waals surface area contributed by atoms with Crippen LogP contribution >= 0.6 is 15.9 Å². The fourth-order valence-corrected chi connectivity index (χ4v) is 4.49. The molecule has 2 aliphatic rings. The molecule has 0 bridgehead atoms. The van der Waals surface area contributed by atoms with Gasteiger partial charge in [0.1, 0.15) is 11.3 Å². The highest BCUT2D eigenvalue weighted by Gasteiger charge is 2.54. The van der Waals surface area contributed by atoms with Gasteiger partial charge in [-0.3, -0.25) is 9.69 Å². The van der Waals surface area contributed by atoms with Crippen LogP contribution in [0.15, 0.2) is 22.7 Å². The molecular weight excluding hydrogens is 398 g/mol. The van der Waals surface area contributed by atoms with Gasteiger partial charge in [0.15, 0.2) is 0 Å². The molecule has 1 heterocycles. The highest BCUT2D eigenvalue weighted by Crippen LogP contribution is 2.38. The summed E-state index contributed by atoms with van der Waals surface area (Å²) in [4.78, 5) is 28.9. The van der Waals surface area contributed by atoms with Crippen molar-refractivity contribution in [1.29, 1.82) is 0 Å². The molecular formula is C19H26BrN3O3. The van der Waals surface area contributed by atoms with Crippen LogP contribution in [0.1, 0.15) is 38.2 Å². The fraction of sp³-hybridized carbons (Fsp3) is 0.579. The molecule has 1 aliphatic heterocycles.